The van der Waals surface area contributed by atoms with Crippen LogP contribution >= 0.6 is 0 Å². The second-order valence-electron chi connectivity index (χ2n) is 6.41. The normalized spacial score (nSPS) is 19.2. The van der Waals surface area contributed by atoms with Crippen LogP contribution in [0.3, 0.4) is 0 Å². The third kappa shape index (κ3) is 3.45. The van der Waals surface area contributed by atoms with E-state index in [0.29, 0.717) is 26.2 Å². The molecule has 0 N–H and O–H groups in total. The van der Waals surface area contributed by atoms with Crippen LogP contribution in [-0.2, 0) is 11.3 Å². The van der Waals surface area contributed by atoms with E-state index in [9.17, 15) is 4.79 Å². The van der Waals surface area contributed by atoms with Crippen molar-refractivity contribution in [2.75, 3.05) is 19.8 Å². The van der Waals surface area contributed by atoms with Crippen LogP contribution in [0.5, 0.6) is 11.5 Å². The fraction of sp³-hybridized carbons (Fsp3) is 0.500. The number of hydrogen-bond donors (Lipinski definition) is 0. The standard InChI is InChI=1S/C18H22N4O3/c23-18(4-2-7-21-13-19-12-20-21)22-8-1-3-15(22)14-5-6-16-17(11-14)25-10-9-24-16/h5-6,11-13,15H,1-4,7-10H2/t15-/m1/s1. The average molecular weight is 342 g/mol. The molecule has 1 atom stereocenters. The van der Waals surface area contributed by atoms with E-state index in [0.717, 1.165) is 42.9 Å². The number of rotatable bonds is 5. The number of aryl methyl sites for hydroxylation is 1. The predicted octanol–water partition coefficient (Wildman–Crippen LogP) is 2.19. The van der Waals surface area contributed by atoms with E-state index in [-0.39, 0.29) is 11.9 Å². The van der Waals surface area contributed by atoms with Gasteiger partial charge in [-0.2, -0.15) is 5.10 Å². The van der Waals surface area contributed by atoms with Crippen molar-refractivity contribution in [1.82, 2.24) is 19.7 Å². The lowest BCUT2D eigenvalue weighted by atomic mass is 10.0. The maximum absolute atomic E-state index is 12.7. The second kappa shape index (κ2) is 7.13. The molecule has 0 radical (unpaired) electrons. The molecule has 0 aliphatic carbocycles. The highest BCUT2D eigenvalue weighted by atomic mass is 16.6. The number of amides is 1. The predicted molar refractivity (Wildman–Crippen MR) is 90.4 cm³/mol. The first-order valence-corrected chi connectivity index (χ1v) is 8.83. The molecule has 4 rings (SSSR count). The first kappa shape index (κ1) is 15.9. The number of aromatic nitrogens is 3. The molecule has 1 saturated heterocycles. The molecule has 1 aromatic carbocycles. The summed E-state index contributed by atoms with van der Waals surface area (Å²) in [6.45, 7) is 2.70. The van der Waals surface area contributed by atoms with Crippen molar-refractivity contribution in [3.05, 3.63) is 36.4 Å². The van der Waals surface area contributed by atoms with Crippen molar-refractivity contribution in [1.29, 1.82) is 0 Å². The molecular formula is C18H22N4O3. The summed E-state index contributed by atoms with van der Waals surface area (Å²) in [6.07, 6.45) is 6.52. The average Bonchev–Trinajstić information content (AvgIpc) is 3.33. The molecular weight excluding hydrogens is 320 g/mol. The van der Waals surface area contributed by atoms with Crippen molar-refractivity contribution in [3.8, 4) is 11.5 Å². The quantitative estimate of drug-likeness (QED) is 0.833. The third-order valence-electron chi connectivity index (χ3n) is 4.77. The molecule has 0 saturated carbocycles. The van der Waals surface area contributed by atoms with Gasteiger partial charge in [0.05, 0.1) is 6.04 Å². The van der Waals surface area contributed by atoms with Gasteiger partial charge in [-0.3, -0.25) is 9.48 Å². The van der Waals surface area contributed by atoms with E-state index in [1.807, 2.05) is 17.0 Å². The van der Waals surface area contributed by atoms with Crippen molar-refractivity contribution in [2.45, 2.75) is 38.3 Å². The monoisotopic (exact) mass is 342 g/mol. The number of hydrogen-bond acceptors (Lipinski definition) is 5. The minimum atomic E-state index is 0.134. The maximum atomic E-state index is 12.7. The minimum absolute atomic E-state index is 0.134. The fourth-order valence-electron chi connectivity index (χ4n) is 3.56. The SMILES string of the molecule is O=C(CCCn1cncn1)N1CCC[C@@H]1c1ccc2c(c1)OCCO2. The van der Waals surface area contributed by atoms with Crippen LogP contribution in [0.2, 0.25) is 0 Å². The highest BCUT2D eigenvalue weighted by molar-refractivity contribution is 5.77. The molecule has 1 fully saturated rings. The molecule has 2 aliphatic heterocycles. The van der Waals surface area contributed by atoms with E-state index in [1.54, 1.807) is 11.0 Å². The van der Waals surface area contributed by atoms with Crippen LogP contribution in [0.15, 0.2) is 30.9 Å². The molecule has 132 valence electrons. The lowest BCUT2D eigenvalue weighted by Crippen LogP contribution is -2.30. The van der Waals surface area contributed by atoms with Gasteiger partial charge in [0.15, 0.2) is 11.5 Å². The van der Waals surface area contributed by atoms with Crippen LogP contribution in [-0.4, -0.2) is 45.3 Å². The van der Waals surface area contributed by atoms with Crippen molar-refractivity contribution >= 4 is 5.91 Å². The summed E-state index contributed by atoms with van der Waals surface area (Å²) in [5, 5.41) is 4.07. The Morgan fingerprint density at radius 2 is 2.12 bits per heavy atom. The first-order chi connectivity index (χ1) is 12.3. The molecule has 0 bridgehead atoms. The maximum Gasteiger partial charge on any atom is 0.223 e. The molecule has 1 aromatic heterocycles. The molecule has 2 aliphatic rings. The lowest BCUT2D eigenvalue weighted by Gasteiger charge is -2.27. The Balaban J connectivity index is 1.40. The molecule has 7 heteroatoms. The van der Waals surface area contributed by atoms with E-state index in [2.05, 4.69) is 16.1 Å². The Morgan fingerprint density at radius 1 is 1.24 bits per heavy atom. The molecule has 0 spiro atoms. The van der Waals surface area contributed by atoms with Crippen molar-refractivity contribution in [2.24, 2.45) is 0 Å². The number of carbonyl (C=O) groups excluding carboxylic acids is 1. The van der Waals surface area contributed by atoms with E-state index < -0.39 is 0 Å². The molecule has 3 heterocycles. The zero-order chi connectivity index (χ0) is 17.1. The Labute approximate surface area is 146 Å². The van der Waals surface area contributed by atoms with Crippen molar-refractivity contribution < 1.29 is 14.3 Å². The lowest BCUT2D eigenvalue weighted by molar-refractivity contribution is -0.132. The molecule has 25 heavy (non-hydrogen) atoms. The summed E-state index contributed by atoms with van der Waals surface area (Å²) in [7, 11) is 0. The zero-order valence-electron chi connectivity index (χ0n) is 14.1. The topological polar surface area (TPSA) is 69.5 Å². The van der Waals surface area contributed by atoms with Crippen LogP contribution in [0.1, 0.15) is 37.3 Å². The van der Waals surface area contributed by atoms with Crippen LogP contribution in [0.4, 0.5) is 0 Å². The summed E-state index contributed by atoms with van der Waals surface area (Å²) < 4.78 is 13.0. The van der Waals surface area contributed by atoms with Gasteiger partial charge in [-0.1, -0.05) is 6.07 Å². The number of fused-ring (bicyclic) bond motifs is 1. The minimum Gasteiger partial charge on any atom is -0.486 e. The largest absolute Gasteiger partial charge is 0.486 e. The van der Waals surface area contributed by atoms with Gasteiger partial charge in [-0.15, -0.1) is 0 Å². The summed E-state index contributed by atoms with van der Waals surface area (Å²) >= 11 is 0. The Morgan fingerprint density at radius 3 is 2.96 bits per heavy atom. The van der Waals surface area contributed by atoms with Gasteiger partial charge in [-0.05, 0) is 37.0 Å². The second-order valence-corrected chi connectivity index (χ2v) is 6.41. The number of ether oxygens (including phenoxy) is 2. The Kier molecular flexibility index (Phi) is 4.54. The van der Waals surface area contributed by atoms with Gasteiger partial charge in [0.1, 0.15) is 25.9 Å². The fourth-order valence-corrected chi connectivity index (χ4v) is 3.56. The summed E-state index contributed by atoms with van der Waals surface area (Å²) in [5.41, 5.74) is 1.13. The van der Waals surface area contributed by atoms with E-state index in [1.165, 1.54) is 6.33 Å². The number of carbonyl (C=O) groups is 1. The first-order valence-electron chi connectivity index (χ1n) is 8.83. The van der Waals surface area contributed by atoms with Crippen molar-refractivity contribution in [3.63, 3.8) is 0 Å². The highest BCUT2D eigenvalue weighted by Gasteiger charge is 2.30. The smallest absolute Gasteiger partial charge is 0.223 e. The van der Waals surface area contributed by atoms with E-state index >= 15 is 0 Å². The third-order valence-corrected chi connectivity index (χ3v) is 4.77. The highest BCUT2D eigenvalue weighted by Crippen LogP contribution is 2.38. The van der Waals surface area contributed by atoms with Gasteiger partial charge in [0.25, 0.3) is 0 Å². The van der Waals surface area contributed by atoms with Crippen LogP contribution in [0.25, 0.3) is 0 Å². The van der Waals surface area contributed by atoms with Gasteiger partial charge in [0, 0.05) is 19.5 Å². The van der Waals surface area contributed by atoms with Crippen LogP contribution in [0, 0.1) is 0 Å². The summed E-state index contributed by atoms with van der Waals surface area (Å²) in [4.78, 5) is 18.6. The van der Waals surface area contributed by atoms with Gasteiger partial charge < -0.3 is 14.4 Å². The Bertz CT molecular complexity index is 732. The number of benzene rings is 1. The molecule has 0 unspecified atom stereocenters. The summed E-state index contributed by atoms with van der Waals surface area (Å²) in [5.74, 6) is 1.78. The number of nitrogens with zero attached hydrogens (tertiary/aromatic N) is 4. The summed E-state index contributed by atoms with van der Waals surface area (Å²) in [6, 6.07) is 6.17. The van der Waals surface area contributed by atoms with Gasteiger partial charge in [0.2, 0.25) is 5.91 Å². The molecule has 2 aromatic rings. The zero-order valence-corrected chi connectivity index (χ0v) is 14.1. The molecule has 7 nitrogen and oxygen atoms in total. The van der Waals surface area contributed by atoms with Crippen LogP contribution < -0.4 is 9.47 Å². The van der Waals surface area contributed by atoms with Gasteiger partial charge >= 0.3 is 0 Å². The molecule has 1 amide bonds. The van der Waals surface area contributed by atoms with Gasteiger partial charge in [-0.25, -0.2) is 4.98 Å². The number of likely N-dealkylation sites (tertiary alicyclic amines) is 1. The van der Waals surface area contributed by atoms with E-state index in [4.69, 9.17) is 9.47 Å². The Hall–Kier alpha value is -2.57.